The van der Waals surface area contributed by atoms with Crippen LogP contribution in [0.2, 0.25) is 0 Å². The van der Waals surface area contributed by atoms with E-state index in [4.69, 9.17) is 0 Å². The number of amides is 1. The predicted octanol–water partition coefficient (Wildman–Crippen LogP) is 3.99. The van der Waals surface area contributed by atoms with Gasteiger partial charge in [-0.1, -0.05) is 0 Å². The minimum absolute atomic E-state index is 0.000890. The summed E-state index contributed by atoms with van der Waals surface area (Å²) in [5, 5.41) is 2.59. The van der Waals surface area contributed by atoms with Gasteiger partial charge in [0.15, 0.2) is 0 Å². The number of benzene rings is 2. The number of halogens is 3. The highest BCUT2D eigenvalue weighted by atomic mass is 19.3. The molecular formula is C15H12F3NO2. The van der Waals surface area contributed by atoms with Crippen molar-refractivity contribution in [1.29, 1.82) is 0 Å². The largest absolute Gasteiger partial charge is 0.435 e. The molecule has 6 heteroatoms. The van der Waals surface area contributed by atoms with Crippen LogP contribution in [0.1, 0.15) is 15.9 Å². The van der Waals surface area contributed by atoms with E-state index in [0.29, 0.717) is 16.8 Å². The molecule has 0 saturated heterocycles. The van der Waals surface area contributed by atoms with E-state index >= 15 is 0 Å². The summed E-state index contributed by atoms with van der Waals surface area (Å²) in [6.45, 7) is -1.27. The van der Waals surface area contributed by atoms with Gasteiger partial charge in [-0.25, -0.2) is 4.39 Å². The van der Waals surface area contributed by atoms with Crippen LogP contribution in [0, 0.1) is 12.7 Å². The molecule has 1 N–H and O–H groups in total. The monoisotopic (exact) mass is 295 g/mol. The van der Waals surface area contributed by atoms with E-state index < -0.39 is 18.3 Å². The topological polar surface area (TPSA) is 38.3 Å². The van der Waals surface area contributed by atoms with Crippen molar-refractivity contribution in [3.8, 4) is 5.75 Å². The van der Waals surface area contributed by atoms with E-state index in [1.807, 2.05) is 0 Å². The van der Waals surface area contributed by atoms with E-state index in [-0.39, 0.29) is 5.75 Å². The van der Waals surface area contributed by atoms with E-state index in [0.717, 1.165) is 0 Å². The minimum Gasteiger partial charge on any atom is -0.435 e. The van der Waals surface area contributed by atoms with Gasteiger partial charge >= 0.3 is 6.61 Å². The van der Waals surface area contributed by atoms with E-state index in [1.165, 1.54) is 42.5 Å². The third-order valence-corrected chi connectivity index (χ3v) is 2.77. The van der Waals surface area contributed by atoms with Crippen molar-refractivity contribution in [2.45, 2.75) is 13.5 Å². The highest BCUT2D eigenvalue weighted by Crippen LogP contribution is 2.19. The molecule has 2 aromatic rings. The summed E-state index contributed by atoms with van der Waals surface area (Å²) in [7, 11) is 0. The fraction of sp³-hybridized carbons (Fsp3) is 0.133. The van der Waals surface area contributed by atoms with Crippen LogP contribution < -0.4 is 10.1 Å². The molecular weight excluding hydrogens is 283 g/mol. The number of carbonyl (C=O) groups is 1. The first-order valence-corrected chi connectivity index (χ1v) is 6.08. The number of anilines is 1. The Morgan fingerprint density at radius 2 is 1.81 bits per heavy atom. The van der Waals surface area contributed by atoms with Gasteiger partial charge in [0.25, 0.3) is 5.91 Å². The van der Waals surface area contributed by atoms with E-state index in [2.05, 4.69) is 10.1 Å². The molecule has 0 aliphatic rings. The van der Waals surface area contributed by atoms with Crippen LogP contribution in [0.5, 0.6) is 5.75 Å². The molecule has 0 bridgehead atoms. The van der Waals surface area contributed by atoms with Crippen molar-refractivity contribution in [3.05, 3.63) is 59.4 Å². The molecule has 0 aromatic heterocycles. The summed E-state index contributed by atoms with van der Waals surface area (Å²) >= 11 is 0. The lowest BCUT2D eigenvalue weighted by molar-refractivity contribution is -0.0498. The Morgan fingerprint density at radius 1 is 1.14 bits per heavy atom. The fourth-order valence-electron chi connectivity index (χ4n) is 1.80. The van der Waals surface area contributed by atoms with Crippen LogP contribution in [-0.4, -0.2) is 12.5 Å². The molecule has 0 spiro atoms. The molecule has 0 radical (unpaired) electrons. The van der Waals surface area contributed by atoms with Crippen molar-refractivity contribution >= 4 is 11.6 Å². The second-order valence-electron chi connectivity index (χ2n) is 4.32. The Kier molecular flexibility index (Phi) is 4.47. The number of alkyl halides is 2. The maximum Gasteiger partial charge on any atom is 0.387 e. The van der Waals surface area contributed by atoms with Gasteiger partial charge in [-0.3, -0.25) is 4.79 Å². The average molecular weight is 295 g/mol. The van der Waals surface area contributed by atoms with Gasteiger partial charge in [-0.2, -0.15) is 8.78 Å². The molecule has 0 fully saturated rings. The molecule has 21 heavy (non-hydrogen) atoms. The fourth-order valence-corrected chi connectivity index (χ4v) is 1.80. The maximum atomic E-state index is 13.0. The minimum atomic E-state index is -2.90. The Balaban J connectivity index is 2.08. The summed E-state index contributed by atoms with van der Waals surface area (Å²) in [6, 6.07) is 9.35. The zero-order valence-corrected chi connectivity index (χ0v) is 11.1. The van der Waals surface area contributed by atoms with Gasteiger partial charge in [0.05, 0.1) is 0 Å². The third kappa shape index (κ3) is 3.98. The van der Waals surface area contributed by atoms with Crippen molar-refractivity contribution < 1.29 is 22.7 Å². The lowest BCUT2D eigenvalue weighted by Gasteiger charge is -2.09. The Bertz CT molecular complexity index is 642. The van der Waals surface area contributed by atoms with Crippen LogP contribution >= 0.6 is 0 Å². The Morgan fingerprint density at radius 3 is 2.38 bits per heavy atom. The molecule has 2 aromatic carbocycles. The first-order chi connectivity index (χ1) is 9.95. The summed E-state index contributed by atoms with van der Waals surface area (Å²) in [5.74, 6) is -0.825. The second-order valence-corrected chi connectivity index (χ2v) is 4.32. The second kappa shape index (κ2) is 6.30. The molecule has 1 amide bonds. The molecule has 0 aliphatic heterocycles. The smallest absolute Gasteiger partial charge is 0.387 e. The normalized spacial score (nSPS) is 10.5. The zero-order valence-electron chi connectivity index (χ0n) is 11.1. The first-order valence-electron chi connectivity index (χ1n) is 6.08. The molecule has 0 heterocycles. The quantitative estimate of drug-likeness (QED) is 0.926. The average Bonchev–Trinajstić information content (AvgIpc) is 2.40. The lowest BCUT2D eigenvalue weighted by Crippen LogP contribution is -2.13. The number of aryl methyl sites for hydroxylation is 1. The van der Waals surface area contributed by atoms with E-state index in [1.54, 1.807) is 6.92 Å². The van der Waals surface area contributed by atoms with Crippen molar-refractivity contribution in [2.24, 2.45) is 0 Å². The van der Waals surface area contributed by atoms with Crippen LogP contribution in [0.3, 0.4) is 0 Å². The van der Waals surface area contributed by atoms with Gasteiger partial charge in [-0.05, 0) is 55.0 Å². The standard InChI is InChI=1S/C15H12F3NO2/c1-9-8-10(16)2-7-13(9)14(20)19-11-3-5-12(6-4-11)21-15(17)18/h2-8,15H,1H3,(H,19,20). The zero-order chi connectivity index (χ0) is 15.4. The van der Waals surface area contributed by atoms with Crippen molar-refractivity contribution in [1.82, 2.24) is 0 Å². The predicted molar refractivity (Wildman–Crippen MR) is 72.2 cm³/mol. The number of rotatable bonds is 4. The lowest BCUT2D eigenvalue weighted by atomic mass is 10.1. The summed E-state index contributed by atoms with van der Waals surface area (Å²) in [5.41, 5.74) is 1.26. The van der Waals surface area contributed by atoms with Crippen LogP contribution in [0.25, 0.3) is 0 Å². The highest BCUT2D eigenvalue weighted by Gasteiger charge is 2.10. The molecule has 0 saturated carbocycles. The molecule has 3 nitrogen and oxygen atoms in total. The molecule has 0 atom stereocenters. The van der Waals surface area contributed by atoms with Crippen LogP contribution in [0.4, 0.5) is 18.9 Å². The number of nitrogens with one attached hydrogen (secondary N) is 1. The van der Waals surface area contributed by atoms with Gasteiger partial charge in [0.2, 0.25) is 0 Å². The van der Waals surface area contributed by atoms with Gasteiger partial charge in [-0.15, -0.1) is 0 Å². The van der Waals surface area contributed by atoms with E-state index in [9.17, 15) is 18.0 Å². The Labute approximate surface area is 119 Å². The molecule has 110 valence electrons. The number of carbonyl (C=O) groups excluding carboxylic acids is 1. The third-order valence-electron chi connectivity index (χ3n) is 2.77. The van der Waals surface area contributed by atoms with Crippen LogP contribution in [-0.2, 0) is 0 Å². The summed E-state index contributed by atoms with van der Waals surface area (Å²) < 4.78 is 41.2. The molecule has 0 unspecified atom stereocenters. The highest BCUT2D eigenvalue weighted by molar-refractivity contribution is 6.05. The van der Waals surface area contributed by atoms with Crippen molar-refractivity contribution in [3.63, 3.8) is 0 Å². The molecule has 0 aliphatic carbocycles. The van der Waals surface area contributed by atoms with Crippen LogP contribution in [0.15, 0.2) is 42.5 Å². The summed E-state index contributed by atoms with van der Waals surface area (Å²) in [4.78, 5) is 12.0. The number of hydrogen-bond donors (Lipinski definition) is 1. The molecule has 2 rings (SSSR count). The van der Waals surface area contributed by atoms with Gasteiger partial charge in [0.1, 0.15) is 11.6 Å². The Hall–Kier alpha value is -2.50. The van der Waals surface area contributed by atoms with Gasteiger partial charge < -0.3 is 10.1 Å². The SMILES string of the molecule is Cc1cc(F)ccc1C(=O)Nc1ccc(OC(F)F)cc1. The number of ether oxygens (including phenoxy) is 1. The summed E-state index contributed by atoms with van der Waals surface area (Å²) in [6.07, 6.45) is 0. The first kappa shape index (κ1) is 14.9. The number of hydrogen-bond acceptors (Lipinski definition) is 2. The van der Waals surface area contributed by atoms with Gasteiger partial charge in [0, 0.05) is 11.3 Å². The maximum absolute atomic E-state index is 13.0. The van der Waals surface area contributed by atoms with Crippen molar-refractivity contribution in [2.75, 3.05) is 5.32 Å².